The molecule has 0 aliphatic heterocycles. The van der Waals surface area contributed by atoms with Crippen LogP contribution in [0.2, 0.25) is 0 Å². The van der Waals surface area contributed by atoms with Gasteiger partial charge in [0.1, 0.15) is 0 Å². The maximum absolute atomic E-state index is 4.37. The van der Waals surface area contributed by atoms with Crippen LogP contribution in [0.4, 0.5) is 0 Å². The van der Waals surface area contributed by atoms with Gasteiger partial charge < -0.3 is 5.32 Å². The van der Waals surface area contributed by atoms with Gasteiger partial charge in [-0.25, -0.2) is 4.52 Å². The molecule has 0 aromatic carbocycles. The summed E-state index contributed by atoms with van der Waals surface area (Å²) in [5.41, 5.74) is 2.30. The maximum atomic E-state index is 4.37. The van der Waals surface area contributed by atoms with E-state index < -0.39 is 0 Å². The summed E-state index contributed by atoms with van der Waals surface area (Å²) in [6.07, 6.45) is 12.6. The summed E-state index contributed by atoms with van der Waals surface area (Å²) in [5, 5.41) is 7.94. The summed E-state index contributed by atoms with van der Waals surface area (Å²) < 4.78 is 1.87. The molecule has 0 amide bonds. The van der Waals surface area contributed by atoms with E-state index in [0.717, 1.165) is 31.3 Å². The van der Waals surface area contributed by atoms with Gasteiger partial charge in [0, 0.05) is 24.0 Å². The van der Waals surface area contributed by atoms with Crippen LogP contribution in [0.5, 0.6) is 0 Å². The summed E-state index contributed by atoms with van der Waals surface area (Å²) in [6.45, 7) is 6.98. The van der Waals surface area contributed by atoms with Crippen molar-refractivity contribution in [3.05, 3.63) is 43.0 Å². The average molecular weight is 244 g/mol. The molecule has 1 unspecified atom stereocenters. The van der Waals surface area contributed by atoms with Crippen molar-refractivity contribution in [2.24, 2.45) is 0 Å². The molecule has 1 N–H and O–H groups in total. The first-order valence-corrected chi connectivity index (χ1v) is 6.48. The molecule has 1 atom stereocenters. The third kappa shape index (κ3) is 2.76. The number of fused-ring (bicyclic) bond motifs is 1. The Balaban J connectivity index is 2.25. The van der Waals surface area contributed by atoms with E-state index in [1.165, 1.54) is 5.56 Å². The highest BCUT2D eigenvalue weighted by molar-refractivity contribution is 5.53. The van der Waals surface area contributed by atoms with Crippen molar-refractivity contribution in [3.63, 3.8) is 0 Å². The van der Waals surface area contributed by atoms with Crippen LogP contribution in [0.1, 0.15) is 37.8 Å². The van der Waals surface area contributed by atoms with Gasteiger partial charge in [-0.15, -0.1) is 6.58 Å². The van der Waals surface area contributed by atoms with E-state index in [9.17, 15) is 0 Å². The predicted molar refractivity (Wildman–Crippen MR) is 73.5 cm³/mol. The largest absolute Gasteiger partial charge is 0.310 e. The normalized spacial score (nSPS) is 12.7. The molecule has 0 radical (unpaired) electrons. The minimum Gasteiger partial charge on any atom is -0.310 e. The lowest BCUT2D eigenvalue weighted by Crippen LogP contribution is -2.21. The fourth-order valence-electron chi connectivity index (χ4n) is 2.09. The average Bonchev–Trinajstić information content (AvgIpc) is 2.83. The first kappa shape index (κ1) is 12.8. The Morgan fingerprint density at radius 2 is 2.39 bits per heavy atom. The van der Waals surface area contributed by atoms with Crippen LogP contribution in [0.15, 0.2) is 37.4 Å². The second-order valence-electron chi connectivity index (χ2n) is 4.38. The molecule has 0 bridgehead atoms. The lowest BCUT2D eigenvalue weighted by molar-refractivity contribution is 0.506. The first-order valence-electron chi connectivity index (χ1n) is 6.48. The summed E-state index contributed by atoms with van der Waals surface area (Å²) >= 11 is 0. The molecule has 0 saturated carbocycles. The standard InChI is InChI=1S/C14H20N4/c1-3-5-6-13(16-7-4-2)12-10-17-18-9-8-15-11-14(12)18/h3,8-11,13,16H,1,4-7H2,2H3. The van der Waals surface area contributed by atoms with Gasteiger partial charge in [-0.1, -0.05) is 13.0 Å². The lowest BCUT2D eigenvalue weighted by atomic mass is 10.0. The molecule has 2 rings (SSSR count). The molecule has 0 saturated heterocycles. The van der Waals surface area contributed by atoms with Crippen molar-refractivity contribution in [1.29, 1.82) is 0 Å². The molecule has 96 valence electrons. The molecule has 0 aliphatic carbocycles. The first-order chi connectivity index (χ1) is 8.86. The summed E-state index contributed by atoms with van der Waals surface area (Å²) in [5.74, 6) is 0. The van der Waals surface area contributed by atoms with E-state index in [1.807, 2.05) is 29.2 Å². The molecular weight excluding hydrogens is 224 g/mol. The third-order valence-electron chi connectivity index (χ3n) is 3.03. The molecule has 2 aromatic heterocycles. The van der Waals surface area contributed by atoms with Crippen LogP contribution >= 0.6 is 0 Å². The van der Waals surface area contributed by atoms with E-state index in [2.05, 4.69) is 28.9 Å². The van der Waals surface area contributed by atoms with E-state index in [4.69, 9.17) is 0 Å². The lowest BCUT2D eigenvalue weighted by Gasteiger charge is -2.16. The molecule has 0 aliphatic rings. The van der Waals surface area contributed by atoms with Crippen LogP contribution in [0, 0.1) is 0 Å². The Labute approximate surface area is 108 Å². The zero-order valence-electron chi connectivity index (χ0n) is 10.8. The highest BCUT2D eigenvalue weighted by Crippen LogP contribution is 2.22. The molecule has 0 spiro atoms. The second kappa shape index (κ2) is 6.31. The third-order valence-corrected chi connectivity index (χ3v) is 3.03. The Bertz CT molecular complexity index is 503. The van der Waals surface area contributed by atoms with Crippen molar-refractivity contribution in [1.82, 2.24) is 19.9 Å². The Morgan fingerprint density at radius 3 is 3.17 bits per heavy atom. The quantitative estimate of drug-likeness (QED) is 0.761. The van der Waals surface area contributed by atoms with Crippen LogP contribution < -0.4 is 5.32 Å². The highest BCUT2D eigenvalue weighted by atomic mass is 15.2. The van der Waals surface area contributed by atoms with Gasteiger partial charge in [0.2, 0.25) is 0 Å². The fraction of sp³-hybridized carbons (Fsp3) is 0.429. The number of nitrogens with one attached hydrogen (secondary N) is 1. The molecule has 18 heavy (non-hydrogen) atoms. The molecule has 4 nitrogen and oxygen atoms in total. The number of aromatic nitrogens is 3. The van der Waals surface area contributed by atoms with E-state index in [-0.39, 0.29) is 0 Å². The van der Waals surface area contributed by atoms with Crippen molar-refractivity contribution in [2.75, 3.05) is 6.54 Å². The summed E-state index contributed by atoms with van der Waals surface area (Å²) in [6, 6.07) is 0.324. The zero-order chi connectivity index (χ0) is 12.8. The molecule has 0 fully saturated rings. The summed E-state index contributed by atoms with van der Waals surface area (Å²) in [7, 11) is 0. The maximum Gasteiger partial charge on any atom is 0.0892 e. The molecule has 2 aromatic rings. The minimum atomic E-state index is 0.324. The fourth-order valence-corrected chi connectivity index (χ4v) is 2.09. The Kier molecular flexibility index (Phi) is 4.47. The number of nitrogens with zero attached hydrogens (tertiary/aromatic N) is 3. The Morgan fingerprint density at radius 1 is 1.50 bits per heavy atom. The summed E-state index contributed by atoms with van der Waals surface area (Å²) in [4.78, 5) is 4.18. The van der Waals surface area contributed by atoms with Crippen LogP contribution in [0.25, 0.3) is 5.52 Å². The van der Waals surface area contributed by atoms with Crippen molar-refractivity contribution < 1.29 is 0 Å². The van der Waals surface area contributed by atoms with Crippen LogP contribution in [-0.4, -0.2) is 21.1 Å². The minimum absolute atomic E-state index is 0.324. The SMILES string of the molecule is C=CCCC(NCCC)c1cnn2ccncc12. The van der Waals surface area contributed by atoms with Gasteiger partial charge in [-0.3, -0.25) is 4.98 Å². The Hall–Kier alpha value is -1.68. The second-order valence-corrected chi connectivity index (χ2v) is 4.38. The van der Waals surface area contributed by atoms with Crippen LogP contribution in [0.3, 0.4) is 0 Å². The van der Waals surface area contributed by atoms with Gasteiger partial charge in [0.05, 0.1) is 17.9 Å². The van der Waals surface area contributed by atoms with Crippen molar-refractivity contribution >= 4 is 5.52 Å². The van der Waals surface area contributed by atoms with Gasteiger partial charge in [0.25, 0.3) is 0 Å². The highest BCUT2D eigenvalue weighted by Gasteiger charge is 2.14. The van der Waals surface area contributed by atoms with Crippen molar-refractivity contribution in [3.8, 4) is 0 Å². The van der Waals surface area contributed by atoms with Gasteiger partial charge in [-0.05, 0) is 25.8 Å². The van der Waals surface area contributed by atoms with Gasteiger partial charge in [0.15, 0.2) is 0 Å². The topological polar surface area (TPSA) is 42.2 Å². The number of rotatable bonds is 7. The number of hydrogen-bond donors (Lipinski definition) is 1. The van der Waals surface area contributed by atoms with E-state index >= 15 is 0 Å². The number of allylic oxidation sites excluding steroid dienone is 1. The van der Waals surface area contributed by atoms with E-state index in [0.29, 0.717) is 6.04 Å². The number of hydrogen-bond acceptors (Lipinski definition) is 3. The van der Waals surface area contributed by atoms with Crippen LogP contribution in [-0.2, 0) is 0 Å². The van der Waals surface area contributed by atoms with Gasteiger partial charge >= 0.3 is 0 Å². The van der Waals surface area contributed by atoms with Gasteiger partial charge in [-0.2, -0.15) is 5.10 Å². The van der Waals surface area contributed by atoms with Crippen molar-refractivity contribution in [2.45, 2.75) is 32.2 Å². The zero-order valence-corrected chi connectivity index (χ0v) is 10.8. The smallest absolute Gasteiger partial charge is 0.0892 e. The van der Waals surface area contributed by atoms with E-state index in [1.54, 1.807) is 6.20 Å². The predicted octanol–water partition coefficient (Wildman–Crippen LogP) is 2.74. The molecular formula is C14H20N4. The monoisotopic (exact) mass is 244 g/mol. The molecule has 4 heteroatoms. The molecule has 2 heterocycles.